The fraction of sp³-hybridized carbons (Fsp3) is 0.172. The summed E-state index contributed by atoms with van der Waals surface area (Å²) in [6.45, 7) is 7.07. The van der Waals surface area contributed by atoms with Gasteiger partial charge >= 0.3 is 0 Å². The molecule has 0 spiro atoms. The van der Waals surface area contributed by atoms with Crippen molar-refractivity contribution in [1.29, 1.82) is 0 Å². The van der Waals surface area contributed by atoms with Crippen LogP contribution in [-0.2, 0) is 12.0 Å². The highest BCUT2D eigenvalue weighted by molar-refractivity contribution is 5.85. The number of anilines is 3. The van der Waals surface area contributed by atoms with Gasteiger partial charge in [0.05, 0.1) is 6.54 Å². The molecule has 4 aromatic carbocycles. The second-order valence-corrected chi connectivity index (χ2v) is 9.13. The summed E-state index contributed by atoms with van der Waals surface area (Å²) >= 11 is 0. The van der Waals surface area contributed by atoms with Gasteiger partial charge in [0.25, 0.3) is 0 Å². The van der Waals surface area contributed by atoms with E-state index in [0.717, 1.165) is 22.6 Å². The first kappa shape index (κ1) is 20.9. The van der Waals surface area contributed by atoms with Crippen molar-refractivity contribution in [3.8, 4) is 11.1 Å². The highest BCUT2D eigenvalue weighted by atomic mass is 15.1. The number of hydrogen-bond acceptors (Lipinski definition) is 2. The minimum absolute atomic E-state index is 0.0555. The van der Waals surface area contributed by atoms with Crippen molar-refractivity contribution in [2.75, 3.05) is 4.90 Å². The van der Waals surface area contributed by atoms with Gasteiger partial charge in [-0.1, -0.05) is 79.1 Å². The summed E-state index contributed by atoms with van der Waals surface area (Å²) in [5, 5.41) is 3.68. The zero-order chi connectivity index (χ0) is 23.0. The Morgan fingerprint density at radius 2 is 1.36 bits per heavy atom. The molecule has 0 amide bonds. The molecule has 0 aliphatic heterocycles. The monoisotopic (exact) mass is 430 g/mol. The van der Waals surface area contributed by atoms with E-state index in [4.69, 9.17) is 5.53 Å². The smallest absolute Gasteiger partial charge is 0.0510 e. The van der Waals surface area contributed by atoms with Gasteiger partial charge in [-0.3, -0.25) is 0 Å². The highest BCUT2D eigenvalue weighted by Gasteiger charge is 2.35. The third kappa shape index (κ3) is 3.65. The van der Waals surface area contributed by atoms with Crippen LogP contribution in [0.2, 0.25) is 0 Å². The molecular formula is C29H26N4. The van der Waals surface area contributed by atoms with Gasteiger partial charge in [-0.25, -0.2) is 0 Å². The van der Waals surface area contributed by atoms with Gasteiger partial charge in [-0.05, 0) is 76.7 Å². The van der Waals surface area contributed by atoms with Crippen LogP contribution < -0.4 is 4.90 Å². The molecule has 0 heterocycles. The molecule has 0 saturated heterocycles. The summed E-state index contributed by atoms with van der Waals surface area (Å²) in [6.07, 6.45) is 0. The largest absolute Gasteiger partial charge is 0.310 e. The number of fused-ring (bicyclic) bond motifs is 3. The summed E-state index contributed by atoms with van der Waals surface area (Å²) < 4.78 is 0. The normalized spacial score (nSPS) is 13.1. The Bertz CT molecular complexity index is 1360. The summed E-state index contributed by atoms with van der Waals surface area (Å²) in [7, 11) is 0. The Morgan fingerprint density at radius 3 is 2.06 bits per heavy atom. The van der Waals surface area contributed by atoms with Gasteiger partial charge in [0.15, 0.2) is 0 Å². The zero-order valence-electron chi connectivity index (χ0n) is 19.2. The van der Waals surface area contributed by atoms with Crippen LogP contribution in [0.1, 0.15) is 36.1 Å². The maximum Gasteiger partial charge on any atom is 0.0510 e. The van der Waals surface area contributed by atoms with Crippen LogP contribution in [0.25, 0.3) is 21.6 Å². The second-order valence-electron chi connectivity index (χ2n) is 9.13. The lowest BCUT2D eigenvalue weighted by Gasteiger charge is -2.28. The Balaban J connectivity index is 1.63. The van der Waals surface area contributed by atoms with Crippen LogP contribution in [0.3, 0.4) is 0 Å². The van der Waals surface area contributed by atoms with Crippen LogP contribution >= 0.6 is 0 Å². The van der Waals surface area contributed by atoms with Crippen molar-refractivity contribution < 1.29 is 0 Å². The van der Waals surface area contributed by atoms with Crippen molar-refractivity contribution in [1.82, 2.24) is 0 Å². The first-order chi connectivity index (χ1) is 16.0. The lowest BCUT2D eigenvalue weighted by molar-refractivity contribution is 0.660. The van der Waals surface area contributed by atoms with Crippen LogP contribution in [0.15, 0.2) is 96.1 Å². The Hall–Kier alpha value is -4.01. The number of hydrogen-bond donors (Lipinski definition) is 0. The predicted molar refractivity (Wildman–Crippen MR) is 136 cm³/mol. The van der Waals surface area contributed by atoms with Crippen LogP contribution in [0.5, 0.6) is 0 Å². The molecule has 162 valence electrons. The molecule has 1 aliphatic rings. The number of aryl methyl sites for hydroxylation is 1. The van der Waals surface area contributed by atoms with E-state index in [1.165, 1.54) is 27.8 Å². The minimum atomic E-state index is -0.0555. The Kier molecular flexibility index (Phi) is 5.16. The molecule has 4 nitrogen and oxygen atoms in total. The van der Waals surface area contributed by atoms with Crippen LogP contribution in [0, 0.1) is 6.92 Å². The Morgan fingerprint density at radius 1 is 0.758 bits per heavy atom. The number of nitrogens with zero attached hydrogens (tertiary/aromatic N) is 4. The summed E-state index contributed by atoms with van der Waals surface area (Å²) in [4.78, 5) is 5.16. The van der Waals surface area contributed by atoms with Gasteiger partial charge < -0.3 is 4.90 Å². The maximum atomic E-state index is 8.62. The van der Waals surface area contributed by atoms with E-state index in [9.17, 15) is 0 Å². The average Bonchev–Trinajstić information content (AvgIpc) is 3.07. The van der Waals surface area contributed by atoms with Gasteiger partial charge in [0.2, 0.25) is 0 Å². The fourth-order valence-electron chi connectivity index (χ4n) is 4.84. The van der Waals surface area contributed by atoms with E-state index in [1.807, 2.05) is 12.1 Å². The molecule has 33 heavy (non-hydrogen) atoms. The van der Waals surface area contributed by atoms with Gasteiger partial charge in [0.1, 0.15) is 0 Å². The first-order valence-corrected chi connectivity index (χ1v) is 11.2. The SMILES string of the molecule is Cc1ccc(N(c2ccc(CN=[N+]=[N-])cc2)c2ccc3c(c2)C(C)(C)c2ccccc2-3)cc1. The fourth-order valence-corrected chi connectivity index (χ4v) is 4.84. The first-order valence-electron chi connectivity index (χ1n) is 11.2. The van der Waals surface area contributed by atoms with E-state index in [-0.39, 0.29) is 5.41 Å². The molecule has 4 heteroatoms. The Labute approximate surface area is 194 Å². The lowest BCUT2D eigenvalue weighted by Crippen LogP contribution is -2.16. The number of azide groups is 1. The van der Waals surface area contributed by atoms with Crippen molar-refractivity contribution >= 4 is 17.1 Å². The maximum absolute atomic E-state index is 8.62. The van der Waals surface area contributed by atoms with E-state index in [1.54, 1.807) is 0 Å². The standard InChI is InChI=1S/C29H26N4/c1-20-8-12-22(13-9-20)33(23-14-10-21(11-15-23)19-31-32-30)24-16-17-26-25-6-4-5-7-27(25)29(2,3)28(26)18-24/h4-18H,19H2,1-3H3. The molecule has 0 N–H and O–H groups in total. The van der Waals surface area contributed by atoms with Gasteiger partial charge in [-0.15, -0.1) is 0 Å². The molecule has 0 aromatic heterocycles. The van der Waals surface area contributed by atoms with Gasteiger partial charge in [0, 0.05) is 27.4 Å². The molecule has 0 bridgehead atoms. The van der Waals surface area contributed by atoms with Crippen molar-refractivity contribution in [2.45, 2.75) is 32.7 Å². The molecule has 4 aromatic rings. The molecule has 0 unspecified atom stereocenters. The quantitative estimate of drug-likeness (QED) is 0.178. The van der Waals surface area contributed by atoms with E-state index in [2.05, 4.69) is 115 Å². The second kappa shape index (κ2) is 8.16. The summed E-state index contributed by atoms with van der Waals surface area (Å²) in [5.74, 6) is 0. The molecule has 0 saturated carbocycles. The third-order valence-corrected chi connectivity index (χ3v) is 6.63. The lowest BCUT2D eigenvalue weighted by atomic mass is 9.82. The third-order valence-electron chi connectivity index (χ3n) is 6.63. The number of benzene rings is 4. The summed E-state index contributed by atoms with van der Waals surface area (Å²) in [5.41, 5.74) is 19.5. The molecule has 0 atom stereocenters. The molecular weight excluding hydrogens is 404 g/mol. The number of rotatable bonds is 5. The molecule has 5 rings (SSSR count). The van der Waals surface area contributed by atoms with E-state index >= 15 is 0 Å². The van der Waals surface area contributed by atoms with Crippen LogP contribution in [-0.4, -0.2) is 0 Å². The molecule has 1 aliphatic carbocycles. The topological polar surface area (TPSA) is 52.0 Å². The van der Waals surface area contributed by atoms with Crippen LogP contribution in [0.4, 0.5) is 17.1 Å². The zero-order valence-corrected chi connectivity index (χ0v) is 19.2. The van der Waals surface area contributed by atoms with E-state index < -0.39 is 0 Å². The van der Waals surface area contributed by atoms with Crippen molar-refractivity contribution in [3.63, 3.8) is 0 Å². The van der Waals surface area contributed by atoms with Gasteiger partial charge in [-0.2, -0.15) is 0 Å². The summed E-state index contributed by atoms with van der Waals surface area (Å²) in [6, 6.07) is 32.4. The molecule has 0 radical (unpaired) electrons. The van der Waals surface area contributed by atoms with E-state index in [0.29, 0.717) is 6.54 Å². The average molecular weight is 431 g/mol. The highest BCUT2D eigenvalue weighted by Crippen LogP contribution is 2.50. The van der Waals surface area contributed by atoms with Crippen molar-refractivity contribution in [3.05, 3.63) is 124 Å². The molecule has 0 fully saturated rings. The minimum Gasteiger partial charge on any atom is -0.310 e. The van der Waals surface area contributed by atoms with Crippen molar-refractivity contribution in [2.24, 2.45) is 5.11 Å². The predicted octanol–water partition coefficient (Wildman–Crippen LogP) is 8.58.